The van der Waals surface area contributed by atoms with E-state index in [0.29, 0.717) is 35.0 Å². The number of carbonyl (C=O) groups is 2. The summed E-state index contributed by atoms with van der Waals surface area (Å²) >= 11 is 3.43. The summed E-state index contributed by atoms with van der Waals surface area (Å²) in [5.41, 5.74) is 4.49. The smallest absolute Gasteiger partial charge is 0.259 e. The fourth-order valence-electron chi connectivity index (χ4n) is 3.00. The van der Waals surface area contributed by atoms with Crippen LogP contribution in [0.5, 0.6) is 17.2 Å². The second-order valence-electron chi connectivity index (χ2n) is 7.00. The maximum Gasteiger partial charge on any atom is 0.259 e. The first-order chi connectivity index (χ1) is 16.1. The first-order valence-corrected chi connectivity index (χ1v) is 10.8. The zero-order chi connectivity index (χ0) is 23.0. The summed E-state index contributed by atoms with van der Waals surface area (Å²) in [5.74, 6) is 0.823. The number of hydrazone groups is 1. The first-order valence-electron chi connectivity index (χ1n) is 10.0. The lowest BCUT2D eigenvalue weighted by Gasteiger charge is -2.10. The van der Waals surface area contributed by atoms with E-state index in [-0.39, 0.29) is 13.3 Å². The minimum Gasteiger partial charge on any atom is -0.488 e. The van der Waals surface area contributed by atoms with Gasteiger partial charge < -0.3 is 19.5 Å². The summed E-state index contributed by atoms with van der Waals surface area (Å²) in [5, 5.41) is 6.53. The van der Waals surface area contributed by atoms with Crippen LogP contribution in [-0.4, -0.2) is 31.4 Å². The molecule has 1 aliphatic heterocycles. The topological polar surface area (TPSA) is 98.3 Å². The van der Waals surface area contributed by atoms with Gasteiger partial charge in [-0.05, 0) is 42.0 Å². The van der Waals surface area contributed by atoms with Gasteiger partial charge in [-0.15, -0.1) is 0 Å². The van der Waals surface area contributed by atoms with Crippen LogP contribution in [0.3, 0.4) is 0 Å². The molecule has 0 spiro atoms. The average Bonchev–Trinajstić information content (AvgIpc) is 3.31. The molecule has 0 radical (unpaired) electrons. The van der Waals surface area contributed by atoms with Gasteiger partial charge in [-0.25, -0.2) is 5.43 Å². The molecule has 168 valence electrons. The molecule has 2 amide bonds. The van der Waals surface area contributed by atoms with Gasteiger partial charge in [0.15, 0.2) is 11.5 Å². The zero-order valence-electron chi connectivity index (χ0n) is 17.4. The Labute approximate surface area is 198 Å². The Bertz CT molecular complexity index is 1180. The molecule has 0 atom stereocenters. The SMILES string of the molecule is O=C(CNC(=O)c1ccc2c(c1)OCO2)N/N=C/c1cc(Br)ccc1OCc1ccccc1. The van der Waals surface area contributed by atoms with Crippen LogP contribution in [0, 0.1) is 0 Å². The summed E-state index contributed by atoms with van der Waals surface area (Å²) in [7, 11) is 0. The third-order valence-electron chi connectivity index (χ3n) is 4.65. The highest BCUT2D eigenvalue weighted by atomic mass is 79.9. The van der Waals surface area contributed by atoms with Gasteiger partial charge in [0.05, 0.1) is 12.8 Å². The number of benzene rings is 3. The minimum absolute atomic E-state index is 0.123. The molecule has 8 nitrogen and oxygen atoms in total. The number of hydrogen-bond acceptors (Lipinski definition) is 6. The van der Waals surface area contributed by atoms with Crippen LogP contribution in [0.1, 0.15) is 21.5 Å². The van der Waals surface area contributed by atoms with E-state index in [0.717, 1.165) is 10.0 Å². The van der Waals surface area contributed by atoms with E-state index in [1.54, 1.807) is 18.2 Å². The van der Waals surface area contributed by atoms with E-state index < -0.39 is 11.8 Å². The Morgan fingerprint density at radius 1 is 1.03 bits per heavy atom. The molecule has 0 aromatic heterocycles. The van der Waals surface area contributed by atoms with E-state index >= 15 is 0 Å². The Morgan fingerprint density at radius 3 is 2.70 bits per heavy atom. The van der Waals surface area contributed by atoms with Gasteiger partial charge >= 0.3 is 0 Å². The fourth-order valence-corrected chi connectivity index (χ4v) is 3.38. The second-order valence-corrected chi connectivity index (χ2v) is 7.92. The van der Waals surface area contributed by atoms with Crippen LogP contribution >= 0.6 is 15.9 Å². The summed E-state index contributed by atoms with van der Waals surface area (Å²) in [6.45, 7) is 0.292. The molecular formula is C24H20BrN3O5. The molecule has 4 rings (SSSR count). The van der Waals surface area contributed by atoms with Crippen molar-refractivity contribution >= 4 is 34.0 Å². The summed E-state index contributed by atoms with van der Waals surface area (Å²) in [6.07, 6.45) is 1.49. The summed E-state index contributed by atoms with van der Waals surface area (Å²) in [6, 6.07) is 20.1. The summed E-state index contributed by atoms with van der Waals surface area (Å²) < 4.78 is 17.2. The first kappa shape index (κ1) is 22.3. The third-order valence-corrected chi connectivity index (χ3v) is 5.14. The largest absolute Gasteiger partial charge is 0.488 e. The van der Waals surface area contributed by atoms with Crippen molar-refractivity contribution in [2.45, 2.75) is 6.61 Å². The molecule has 3 aromatic carbocycles. The van der Waals surface area contributed by atoms with E-state index in [9.17, 15) is 9.59 Å². The number of hydrogen-bond donors (Lipinski definition) is 2. The highest BCUT2D eigenvalue weighted by Gasteiger charge is 2.16. The van der Waals surface area contributed by atoms with Crippen molar-refractivity contribution in [3.63, 3.8) is 0 Å². The van der Waals surface area contributed by atoms with Crippen LogP contribution in [0.25, 0.3) is 0 Å². The number of fused-ring (bicyclic) bond motifs is 1. The predicted molar refractivity (Wildman–Crippen MR) is 126 cm³/mol. The Hall–Kier alpha value is -3.85. The van der Waals surface area contributed by atoms with E-state index in [1.165, 1.54) is 6.21 Å². The van der Waals surface area contributed by atoms with Gasteiger partial charge in [0.2, 0.25) is 6.79 Å². The second kappa shape index (κ2) is 10.6. The molecule has 0 unspecified atom stereocenters. The molecular weight excluding hydrogens is 490 g/mol. The normalized spacial score (nSPS) is 11.9. The molecule has 1 heterocycles. The standard InChI is InChI=1S/C24H20BrN3O5/c25-19-7-9-20(31-14-16-4-2-1-3-5-16)18(10-19)12-27-28-23(29)13-26-24(30)17-6-8-21-22(11-17)33-15-32-21/h1-12H,13-15H2,(H,26,30)(H,28,29)/b27-12+. The Kier molecular flexibility index (Phi) is 7.21. The number of rotatable bonds is 8. The number of halogens is 1. The number of nitrogens with one attached hydrogen (secondary N) is 2. The van der Waals surface area contributed by atoms with Crippen LogP contribution in [0.4, 0.5) is 0 Å². The van der Waals surface area contributed by atoms with Crippen molar-refractivity contribution in [2.75, 3.05) is 13.3 Å². The maximum absolute atomic E-state index is 12.3. The molecule has 0 saturated carbocycles. The van der Waals surface area contributed by atoms with E-state index in [1.807, 2.05) is 48.5 Å². The predicted octanol–water partition coefficient (Wildman–Crippen LogP) is 3.64. The third kappa shape index (κ3) is 6.11. The van der Waals surface area contributed by atoms with Gasteiger partial charge in [0.25, 0.3) is 11.8 Å². The molecule has 9 heteroatoms. The number of ether oxygens (including phenoxy) is 3. The Balaban J connectivity index is 1.29. The highest BCUT2D eigenvalue weighted by molar-refractivity contribution is 9.10. The van der Waals surface area contributed by atoms with Gasteiger partial charge in [-0.1, -0.05) is 46.3 Å². The quantitative estimate of drug-likeness (QED) is 0.356. The van der Waals surface area contributed by atoms with E-state index in [4.69, 9.17) is 14.2 Å². The minimum atomic E-state index is -0.470. The van der Waals surface area contributed by atoms with Gasteiger partial charge in [0, 0.05) is 15.6 Å². The molecule has 33 heavy (non-hydrogen) atoms. The lowest BCUT2D eigenvalue weighted by atomic mass is 10.2. The van der Waals surface area contributed by atoms with Crippen molar-refractivity contribution in [1.29, 1.82) is 0 Å². The van der Waals surface area contributed by atoms with E-state index in [2.05, 4.69) is 31.8 Å². The molecule has 1 aliphatic rings. The van der Waals surface area contributed by atoms with Crippen LogP contribution in [0.15, 0.2) is 76.3 Å². The van der Waals surface area contributed by atoms with Crippen molar-refractivity contribution in [3.05, 3.63) is 87.9 Å². The lowest BCUT2D eigenvalue weighted by molar-refractivity contribution is -0.120. The van der Waals surface area contributed by atoms with Gasteiger partial charge in [-0.3, -0.25) is 9.59 Å². The maximum atomic E-state index is 12.3. The fraction of sp³-hybridized carbons (Fsp3) is 0.125. The van der Waals surface area contributed by atoms with Gasteiger partial charge in [0.1, 0.15) is 12.4 Å². The van der Waals surface area contributed by atoms with Crippen molar-refractivity contribution in [2.24, 2.45) is 5.10 Å². The number of amides is 2. The molecule has 2 N–H and O–H groups in total. The number of nitrogens with zero attached hydrogens (tertiary/aromatic N) is 1. The van der Waals surface area contributed by atoms with Crippen LogP contribution in [0.2, 0.25) is 0 Å². The number of carbonyl (C=O) groups excluding carboxylic acids is 2. The van der Waals surface area contributed by atoms with Gasteiger partial charge in [-0.2, -0.15) is 5.10 Å². The van der Waals surface area contributed by atoms with Crippen molar-refractivity contribution in [1.82, 2.24) is 10.7 Å². The molecule has 3 aromatic rings. The average molecular weight is 510 g/mol. The molecule has 0 fully saturated rings. The lowest BCUT2D eigenvalue weighted by Crippen LogP contribution is -2.34. The monoisotopic (exact) mass is 509 g/mol. The molecule has 0 bridgehead atoms. The molecule has 0 aliphatic carbocycles. The van der Waals surface area contributed by atoms with Crippen molar-refractivity contribution in [3.8, 4) is 17.2 Å². The summed E-state index contributed by atoms with van der Waals surface area (Å²) in [4.78, 5) is 24.4. The van der Waals surface area contributed by atoms with Crippen LogP contribution < -0.4 is 25.0 Å². The van der Waals surface area contributed by atoms with Crippen LogP contribution in [-0.2, 0) is 11.4 Å². The highest BCUT2D eigenvalue weighted by Crippen LogP contribution is 2.32. The van der Waals surface area contributed by atoms with Crippen molar-refractivity contribution < 1.29 is 23.8 Å². The molecule has 0 saturated heterocycles. The Morgan fingerprint density at radius 2 is 1.85 bits per heavy atom. The zero-order valence-corrected chi connectivity index (χ0v) is 19.0.